The molecule has 0 saturated carbocycles. The average Bonchev–Trinajstić information content (AvgIpc) is 2.97. The van der Waals surface area contributed by atoms with Gasteiger partial charge in [0.15, 0.2) is 0 Å². The fraction of sp³-hybridized carbons (Fsp3) is 0.684. The summed E-state index contributed by atoms with van der Waals surface area (Å²) in [5.74, 6) is 1.12. The third-order valence-corrected chi connectivity index (χ3v) is 5.16. The minimum Gasteiger partial charge on any atom is -0.357 e. The molecule has 2 aliphatic heterocycles. The van der Waals surface area contributed by atoms with E-state index in [1.54, 1.807) is 6.20 Å². The van der Waals surface area contributed by atoms with Crippen LogP contribution in [0.15, 0.2) is 18.3 Å². The maximum absolute atomic E-state index is 12.8. The van der Waals surface area contributed by atoms with Gasteiger partial charge in [-0.2, -0.15) is 0 Å². The van der Waals surface area contributed by atoms with Crippen molar-refractivity contribution in [3.8, 4) is 0 Å². The Hall–Kier alpha value is -1.62. The summed E-state index contributed by atoms with van der Waals surface area (Å²) in [4.78, 5) is 24.1. The summed E-state index contributed by atoms with van der Waals surface area (Å²) in [6, 6.07) is 3.94. The van der Waals surface area contributed by atoms with Crippen molar-refractivity contribution >= 4 is 11.7 Å². The molecule has 132 valence electrons. The highest BCUT2D eigenvalue weighted by atomic mass is 16.2. The molecule has 0 unspecified atom stereocenters. The molecule has 1 amide bonds. The minimum absolute atomic E-state index is 0.117. The number of amides is 1. The summed E-state index contributed by atoms with van der Waals surface area (Å²) in [5.41, 5.74) is 0.875. The molecule has 5 heteroatoms. The first kappa shape index (κ1) is 17.2. The van der Waals surface area contributed by atoms with E-state index in [9.17, 15) is 4.79 Å². The summed E-state index contributed by atoms with van der Waals surface area (Å²) >= 11 is 0. The summed E-state index contributed by atoms with van der Waals surface area (Å²) < 4.78 is 0. The monoisotopic (exact) mass is 330 g/mol. The number of carbonyl (C=O) groups is 1. The van der Waals surface area contributed by atoms with Crippen LogP contribution in [0.25, 0.3) is 0 Å². The van der Waals surface area contributed by atoms with Crippen LogP contribution in [0.1, 0.15) is 50.4 Å². The predicted molar refractivity (Wildman–Crippen MR) is 97.5 cm³/mol. The Kier molecular flexibility index (Phi) is 5.09. The van der Waals surface area contributed by atoms with Crippen LogP contribution in [-0.2, 0) is 0 Å². The summed E-state index contributed by atoms with van der Waals surface area (Å²) in [5, 5.41) is 0. The molecule has 0 atom stereocenters. The quantitative estimate of drug-likeness (QED) is 0.836. The van der Waals surface area contributed by atoms with E-state index < -0.39 is 0 Å². The van der Waals surface area contributed by atoms with Crippen LogP contribution in [0.4, 0.5) is 5.82 Å². The second-order valence-electron chi connectivity index (χ2n) is 7.90. The van der Waals surface area contributed by atoms with Crippen molar-refractivity contribution in [3.63, 3.8) is 0 Å². The first-order valence-corrected chi connectivity index (χ1v) is 9.20. The van der Waals surface area contributed by atoms with E-state index in [1.165, 1.54) is 12.8 Å². The second kappa shape index (κ2) is 7.09. The second-order valence-corrected chi connectivity index (χ2v) is 7.90. The molecule has 0 radical (unpaired) electrons. The van der Waals surface area contributed by atoms with Crippen LogP contribution >= 0.6 is 0 Å². The molecule has 0 bridgehead atoms. The summed E-state index contributed by atoms with van der Waals surface area (Å²) in [7, 11) is 0. The van der Waals surface area contributed by atoms with Crippen molar-refractivity contribution in [3.05, 3.63) is 23.9 Å². The van der Waals surface area contributed by atoms with E-state index in [-0.39, 0.29) is 11.4 Å². The van der Waals surface area contributed by atoms with E-state index in [0.717, 1.165) is 51.5 Å². The van der Waals surface area contributed by atoms with E-state index in [2.05, 4.69) is 35.6 Å². The number of pyridine rings is 1. The molecular weight excluding hydrogens is 300 g/mol. The predicted octanol–water partition coefficient (Wildman–Crippen LogP) is 2.63. The zero-order chi connectivity index (χ0) is 17.2. The Labute approximate surface area is 145 Å². The van der Waals surface area contributed by atoms with Gasteiger partial charge in [-0.1, -0.05) is 0 Å². The molecule has 2 fully saturated rings. The highest BCUT2D eigenvalue weighted by molar-refractivity contribution is 5.94. The van der Waals surface area contributed by atoms with Crippen molar-refractivity contribution in [2.75, 3.05) is 44.2 Å². The molecular formula is C19H30N4O. The Morgan fingerprint density at radius 1 is 0.958 bits per heavy atom. The highest BCUT2D eigenvalue weighted by Crippen LogP contribution is 2.20. The Balaban J connectivity index is 1.63. The first-order valence-electron chi connectivity index (χ1n) is 9.20. The number of anilines is 1. The molecule has 0 spiro atoms. The number of hydrogen-bond donors (Lipinski definition) is 0. The minimum atomic E-state index is 0.117. The third kappa shape index (κ3) is 3.89. The lowest BCUT2D eigenvalue weighted by Gasteiger charge is -2.34. The third-order valence-electron chi connectivity index (χ3n) is 5.16. The first-order chi connectivity index (χ1) is 11.4. The molecule has 3 rings (SSSR count). The van der Waals surface area contributed by atoms with Crippen LogP contribution in [0, 0.1) is 0 Å². The Morgan fingerprint density at radius 3 is 2.33 bits per heavy atom. The lowest BCUT2D eigenvalue weighted by Crippen LogP contribution is -2.44. The van der Waals surface area contributed by atoms with Gasteiger partial charge in [0.1, 0.15) is 5.82 Å². The molecule has 24 heavy (non-hydrogen) atoms. The molecule has 3 heterocycles. The molecule has 0 aliphatic carbocycles. The van der Waals surface area contributed by atoms with Gasteiger partial charge in [0.25, 0.3) is 5.91 Å². The van der Waals surface area contributed by atoms with Gasteiger partial charge in [0, 0.05) is 51.0 Å². The van der Waals surface area contributed by atoms with Gasteiger partial charge in [-0.3, -0.25) is 9.69 Å². The van der Waals surface area contributed by atoms with Gasteiger partial charge in [-0.25, -0.2) is 4.98 Å². The zero-order valence-electron chi connectivity index (χ0n) is 15.3. The number of rotatable bonds is 2. The maximum Gasteiger partial charge on any atom is 0.255 e. The molecule has 0 N–H and O–H groups in total. The smallest absolute Gasteiger partial charge is 0.255 e. The summed E-state index contributed by atoms with van der Waals surface area (Å²) in [6.07, 6.45) is 5.26. The maximum atomic E-state index is 12.8. The van der Waals surface area contributed by atoms with Crippen molar-refractivity contribution < 1.29 is 4.79 Å². The van der Waals surface area contributed by atoms with E-state index in [0.29, 0.717) is 5.56 Å². The van der Waals surface area contributed by atoms with Crippen LogP contribution in [-0.4, -0.2) is 65.5 Å². The van der Waals surface area contributed by atoms with Gasteiger partial charge in [0.2, 0.25) is 0 Å². The lowest BCUT2D eigenvalue weighted by molar-refractivity contribution is 0.0749. The fourth-order valence-electron chi connectivity index (χ4n) is 3.62. The molecule has 1 aromatic heterocycles. The van der Waals surface area contributed by atoms with Crippen molar-refractivity contribution in [1.82, 2.24) is 14.8 Å². The average molecular weight is 330 g/mol. The Bertz CT molecular complexity index is 558. The van der Waals surface area contributed by atoms with Crippen molar-refractivity contribution in [1.29, 1.82) is 0 Å². The number of nitrogens with zero attached hydrogens (tertiary/aromatic N) is 4. The van der Waals surface area contributed by atoms with E-state index >= 15 is 0 Å². The highest BCUT2D eigenvalue weighted by Gasteiger charge is 2.26. The molecule has 1 aromatic rings. The summed E-state index contributed by atoms with van der Waals surface area (Å²) in [6.45, 7) is 12.5. The van der Waals surface area contributed by atoms with Crippen molar-refractivity contribution in [2.24, 2.45) is 0 Å². The number of carbonyl (C=O) groups excluding carboxylic acids is 1. The topological polar surface area (TPSA) is 39.7 Å². The van der Waals surface area contributed by atoms with Crippen LogP contribution in [0.5, 0.6) is 0 Å². The largest absolute Gasteiger partial charge is 0.357 e. The van der Waals surface area contributed by atoms with Gasteiger partial charge in [-0.05, 0) is 52.2 Å². The standard InChI is InChI=1S/C19H30N4O/c1-19(2,3)23-12-6-11-22(13-14-23)18(24)16-7-8-17(20-15-16)21-9-4-5-10-21/h7-8,15H,4-6,9-14H2,1-3H3. The zero-order valence-corrected chi connectivity index (χ0v) is 15.3. The molecule has 2 saturated heterocycles. The number of aromatic nitrogens is 1. The SMILES string of the molecule is CC(C)(C)N1CCCN(C(=O)c2ccc(N3CCCC3)nc2)CC1. The van der Waals surface area contributed by atoms with Crippen LogP contribution < -0.4 is 4.90 Å². The normalized spacial score (nSPS) is 20.3. The van der Waals surface area contributed by atoms with Gasteiger partial charge in [-0.15, -0.1) is 0 Å². The lowest BCUT2D eigenvalue weighted by atomic mass is 10.1. The van der Waals surface area contributed by atoms with Gasteiger partial charge < -0.3 is 9.80 Å². The van der Waals surface area contributed by atoms with Gasteiger partial charge in [0.05, 0.1) is 5.56 Å². The fourth-order valence-corrected chi connectivity index (χ4v) is 3.62. The molecule has 2 aliphatic rings. The Morgan fingerprint density at radius 2 is 1.71 bits per heavy atom. The van der Waals surface area contributed by atoms with Crippen LogP contribution in [0.3, 0.4) is 0 Å². The van der Waals surface area contributed by atoms with E-state index in [1.807, 2.05) is 17.0 Å². The van der Waals surface area contributed by atoms with Gasteiger partial charge >= 0.3 is 0 Å². The van der Waals surface area contributed by atoms with E-state index in [4.69, 9.17) is 0 Å². The molecule has 5 nitrogen and oxygen atoms in total. The molecule has 0 aromatic carbocycles. The van der Waals surface area contributed by atoms with Crippen LogP contribution in [0.2, 0.25) is 0 Å². The number of hydrogen-bond acceptors (Lipinski definition) is 4. The van der Waals surface area contributed by atoms with Crippen molar-refractivity contribution in [2.45, 2.75) is 45.6 Å².